The van der Waals surface area contributed by atoms with Crippen LogP contribution in [0, 0.1) is 0 Å². The van der Waals surface area contributed by atoms with Crippen LogP contribution in [0.25, 0.3) is 0 Å². The molecule has 5 nitrogen and oxygen atoms in total. The lowest BCUT2D eigenvalue weighted by Crippen LogP contribution is -2.32. The standard InChI is InChI=1S/C8H15N5.H3P/c1-6(2)7-4-11-5-13(10-3)8(7)12-9;/h4-6,10H,9H2,1-3H3;1H3/b12-8-;. The van der Waals surface area contributed by atoms with Gasteiger partial charge in [-0.1, -0.05) is 13.8 Å². The number of rotatable bonds is 2. The summed E-state index contributed by atoms with van der Waals surface area (Å²) < 4.78 is 1.69. The Bertz CT molecular complexity index is 344. The van der Waals surface area contributed by atoms with Gasteiger partial charge in [0, 0.05) is 18.8 Å². The van der Waals surface area contributed by atoms with E-state index >= 15 is 0 Å². The van der Waals surface area contributed by atoms with E-state index in [2.05, 4.69) is 29.4 Å². The molecule has 1 rings (SSSR count). The Balaban J connectivity index is 0.00000169. The van der Waals surface area contributed by atoms with E-state index in [4.69, 9.17) is 5.84 Å². The summed E-state index contributed by atoms with van der Waals surface area (Å²) in [6, 6.07) is 0. The molecule has 1 unspecified atom stereocenters. The van der Waals surface area contributed by atoms with Gasteiger partial charge >= 0.3 is 0 Å². The van der Waals surface area contributed by atoms with Gasteiger partial charge in [0.2, 0.25) is 0 Å². The van der Waals surface area contributed by atoms with Gasteiger partial charge in [-0.05, 0) is 5.92 Å². The highest BCUT2D eigenvalue weighted by Crippen LogP contribution is 2.06. The van der Waals surface area contributed by atoms with Gasteiger partial charge in [0.1, 0.15) is 6.33 Å². The van der Waals surface area contributed by atoms with Gasteiger partial charge in [-0.15, -0.1) is 0 Å². The quantitative estimate of drug-likeness (QED) is 0.415. The lowest BCUT2D eigenvalue weighted by atomic mass is 10.1. The molecule has 0 aliphatic rings. The Kier molecular flexibility index (Phi) is 5.16. The predicted octanol–water partition coefficient (Wildman–Crippen LogP) is 0.0123. The molecule has 0 fully saturated rings. The van der Waals surface area contributed by atoms with Gasteiger partial charge in [0.05, 0.1) is 0 Å². The average molecular weight is 215 g/mol. The molecular formula is C8H18N5P. The van der Waals surface area contributed by atoms with Crippen molar-refractivity contribution in [2.75, 3.05) is 12.5 Å². The number of nitrogens with one attached hydrogen (secondary N) is 1. The summed E-state index contributed by atoms with van der Waals surface area (Å²) in [5, 5.41) is 3.72. The van der Waals surface area contributed by atoms with Gasteiger partial charge in [0.15, 0.2) is 5.49 Å². The summed E-state index contributed by atoms with van der Waals surface area (Å²) in [6.07, 6.45) is 3.42. The lowest BCUT2D eigenvalue weighted by Gasteiger charge is -2.10. The first-order valence-electron chi connectivity index (χ1n) is 4.19. The molecule has 80 valence electrons. The fourth-order valence-electron chi connectivity index (χ4n) is 1.14. The molecule has 1 aromatic rings. The Morgan fingerprint density at radius 3 is 2.64 bits per heavy atom. The van der Waals surface area contributed by atoms with E-state index in [-0.39, 0.29) is 9.90 Å². The second kappa shape index (κ2) is 5.60. The molecule has 0 saturated heterocycles. The van der Waals surface area contributed by atoms with Crippen molar-refractivity contribution in [3.05, 3.63) is 23.6 Å². The van der Waals surface area contributed by atoms with Crippen LogP contribution in [0.1, 0.15) is 25.3 Å². The van der Waals surface area contributed by atoms with E-state index in [9.17, 15) is 0 Å². The van der Waals surface area contributed by atoms with Crippen LogP contribution in [-0.4, -0.2) is 16.7 Å². The Hall–Kier alpha value is -1.09. The molecule has 0 aliphatic carbocycles. The smallest absolute Gasteiger partial charge is 0.176 e. The number of hydrogen-bond donors (Lipinski definition) is 2. The summed E-state index contributed by atoms with van der Waals surface area (Å²) in [6.45, 7) is 4.15. The molecule has 3 N–H and O–H groups in total. The Morgan fingerprint density at radius 1 is 1.57 bits per heavy atom. The molecule has 1 heterocycles. The van der Waals surface area contributed by atoms with Crippen LogP contribution in [0.5, 0.6) is 0 Å². The van der Waals surface area contributed by atoms with Gasteiger partial charge in [-0.25, -0.2) is 9.66 Å². The highest BCUT2D eigenvalue weighted by atomic mass is 31.0. The summed E-state index contributed by atoms with van der Waals surface area (Å²) in [7, 11) is 1.79. The highest BCUT2D eigenvalue weighted by molar-refractivity contribution is 6.92. The van der Waals surface area contributed by atoms with E-state index in [1.807, 2.05) is 0 Å². The molecule has 0 amide bonds. The first-order valence-corrected chi connectivity index (χ1v) is 4.19. The maximum atomic E-state index is 5.30. The third-order valence-corrected chi connectivity index (χ3v) is 1.87. The molecule has 1 atom stereocenters. The van der Waals surface area contributed by atoms with Crippen LogP contribution >= 0.6 is 9.90 Å². The minimum Gasteiger partial charge on any atom is -0.326 e. The largest absolute Gasteiger partial charge is 0.326 e. The van der Waals surface area contributed by atoms with E-state index in [1.165, 1.54) is 0 Å². The molecule has 0 bridgehead atoms. The number of nitrogens with two attached hydrogens (primary N) is 1. The maximum absolute atomic E-state index is 5.30. The van der Waals surface area contributed by atoms with Crippen molar-refractivity contribution in [2.24, 2.45) is 10.9 Å². The van der Waals surface area contributed by atoms with Crippen molar-refractivity contribution in [1.29, 1.82) is 0 Å². The zero-order valence-corrected chi connectivity index (χ0v) is 10.3. The molecule has 0 aromatic carbocycles. The van der Waals surface area contributed by atoms with Crippen molar-refractivity contribution in [2.45, 2.75) is 19.8 Å². The molecule has 0 aliphatic heterocycles. The van der Waals surface area contributed by atoms with Crippen molar-refractivity contribution >= 4 is 9.90 Å². The van der Waals surface area contributed by atoms with Gasteiger partial charge in [-0.2, -0.15) is 15.0 Å². The van der Waals surface area contributed by atoms with Crippen LogP contribution < -0.4 is 16.8 Å². The number of hydrogen-bond acceptors (Lipinski definition) is 4. The molecule has 0 saturated carbocycles. The fraction of sp³-hybridized carbons (Fsp3) is 0.500. The van der Waals surface area contributed by atoms with Gasteiger partial charge in [0.25, 0.3) is 0 Å². The molecule has 6 heteroatoms. The molecule has 14 heavy (non-hydrogen) atoms. The maximum Gasteiger partial charge on any atom is 0.176 e. The van der Waals surface area contributed by atoms with E-state index in [1.54, 1.807) is 24.2 Å². The number of nitrogens with zero attached hydrogens (tertiary/aromatic N) is 3. The van der Waals surface area contributed by atoms with Crippen LogP contribution in [0.15, 0.2) is 17.6 Å². The Morgan fingerprint density at radius 2 is 2.21 bits per heavy atom. The zero-order chi connectivity index (χ0) is 9.84. The van der Waals surface area contributed by atoms with Gasteiger partial charge in [-0.3, -0.25) is 0 Å². The van der Waals surface area contributed by atoms with Crippen molar-refractivity contribution in [3.63, 3.8) is 0 Å². The summed E-state index contributed by atoms with van der Waals surface area (Å²) >= 11 is 0. The topological polar surface area (TPSA) is 68.2 Å². The predicted molar refractivity (Wildman–Crippen MR) is 62.5 cm³/mol. The summed E-state index contributed by atoms with van der Waals surface area (Å²) in [5.41, 5.74) is 4.66. The average Bonchev–Trinajstić information content (AvgIpc) is 2.16. The minimum atomic E-state index is 0. The van der Waals surface area contributed by atoms with E-state index in [0.29, 0.717) is 11.4 Å². The van der Waals surface area contributed by atoms with Crippen molar-refractivity contribution in [1.82, 2.24) is 9.66 Å². The molecule has 0 spiro atoms. The second-order valence-corrected chi connectivity index (χ2v) is 3.05. The lowest BCUT2D eigenvalue weighted by molar-refractivity contribution is 0.733. The van der Waals surface area contributed by atoms with Crippen LogP contribution in [0.3, 0.4) is 0 Å². The second-order valence-electron chi connectivity index (χ2n) is 3.05. The molecule has 0 radical (unpaired) electrons. The van der Waals surface area contributed by atoms with Crippen LogP contribution in [0.2, 0.25) is 0 Å². The van der Waals surface area contributed by atoms with Crippen molar-refractivity contribution < 1.29 is 0 Å². The minimum absolute atomic E-state index is 0. The molecular weight excluding hydrogens is 197 g/mol. The monoisotopic (exact) mass is 215 g/mol. The number of aromatic nitrogens is 2. The van der Waals surface area contributed by atoms with Crippen LogP contribution in [0.4, 0.5) is 0 Å². The first-order chi connectivity index (χ1) is 6.20. The van der Waals surface area contributed by atoms with E-state index in [0.717, 1.165) is 5.56 Å². The van der Waals surface area contributed by atoms with Crippen molar-refractivity contribution in [3.8, 4) is 0 Å². The third-order valence-electron chi connectivity index (χ3n) is 1.87. The summed E-state index contributed by atoms with van der Waals surface area (Å²) in [5.74, 6) is 5.66. The van der Waals surface area contributed by atoms with E-state index < -0.39 is 0 Å². The highest BCUT2D eigenvalue weighted by Gasteiger charge is 2.04. The SMILES string of the molecule is CNn1cncc(C(C)C)/c1=N/N.P. The van der Waals surface area contributed by atoms with Crippen LogP contribution in [-0.2, 0) is 0 Å². The molecule has 1 aromatic heterocycles. The Labute approximate surface area is 87.0 Å². The first kappa shape index (κ1) is 12.9. The summed E-state index contributed by atoms with van der Waals surface area (Å²) in [4.78, 5) is 4.07. The fourth-order valence-corrected chi connectivity index (χ4v) is 1.14. The third kappa shape index (κ3) is 2.45. The zero-order valence-electron chi connectivity index (χ0n) is 8.86. The van der Waals surface area contributed by atoms with Gasteiger partial charge < -0.3 is 11.3 Å². The normalized spacial score (nSPS) is 11.3.